The minimum Gasteiger partial charge on any atom is -0.323 e. The number of urea groups is 1. The van der Waals surface area contributed by atoms with Crippen LogP contribution in [0.15, 0.2) is 64.3 Å². The molecule has 0 fully saturated rings. The van der Waals surface area contributed by atoms with E-state index in [4.69, 9.17) is 11.6 Å². The van der Waals surface area contributed by atoms with Gasteiger partial charge in [-0.3, -0.25) is 4.79 Å². The number of aromatic amines is 1. The number of nitrogens with zero attached hydrogens (tertiary/aromatic N) is 3. The van der Waals surface area contributed by atoms with Gasteiger partial charge in [-0.25, -0.2) is 14.7 Å². The van der Waals surface area contributed by atoms with Gasteiger partial charge in [-0.1, -0.05) is 48.0 Å². The molecule has 2 heterocycles. The van der Waals surface area contributed by atoms with Gasteiger partial charge in [0.1, 0.15) is 16.4 Å². The van der Waals surface area contributed by atoms with E-state index in [0.29, 0.717) is 22.4 Å². The second-order valence-corrected chi connectivity index (χ2v) is 6.07. The molecule has 120 valence electrons. The Labute approximate surface area is 146 Å². The minimum atomic E-state index is -0.535. The fourth-order valence-electron chi connectivity index (χ4n) is 3.15. The first-order chi connectivity index (χ1) is 12.1. The number of allylic oxidation sites excluding steroid dienone is 2. The molecule has 0 unspecified atom stereocenters. The summed E-state index contributed by atoms with van der Waals surface area (Å²) in [4.78, 5) is 38.0. The molecule has 0 radical (unpaired) electrons. The van der Waals surface area contributed by atoms with Gasteiger partial charge >= 0.3 is 6.03 Å². The number of carbonyl (C=O) groups is 2. The van der Waals surface area contributed by atoms with Crippen molar-refractivity contribution in [2.75, 3.05) is 4.90 Å². The summed E-state index contributed by atoms with van der Waals surface area (Å²) in [5.41, 5.74) is 3.18. The molecule has 6 nitrogen and oxygen atoms in total. The number of para-hydroxylation sites is 2. The first kappa shape index (κ1) is 14.1. The number of nitrogens with one attached hydrogen (secondary N) is 1. The maximum atomic E-state index is 12.6. The van der Waals surface area contributed by atoms with Crippen molar-refractivity contribution in [3.8, 4) is 0 Å². The van der Waals surface area contributed by atoms with Crippen molar-refractivity contribution in [3.63, 3.8) is 0 Å². The Morgan fingerprint density at radius 2 is 1.68 bits per heavy atom. The third-order valence-corrected chi connectivity index (χ3v) is 4.62. The fraction of sp³-hybridized carbons (Fsp3) is 0. The maximum absolute atomic E-state index is 12.6. The number of hydrogen-bond donors (Lipinski definition) is 1. The molecule has 2 aliphatic rings. The zero-order valence-electron chi connectivity index (χ0n) is 12.7. The van der Waals surface area contributed by atoms with E-state index in [-0.39, 0.29) is 22.5 Å². The molecule has 2 aromatic carbocycles. The molecule has 0 bridgehead atoms. The molecular weight excluding hydrogens is 340 g/mol. The third kappa shape index (κ3) is 1.85. The molecule has 1 aliphatic carbocycles. The van der Waals surface area contributed by atoms with Gasteiger partial charge in [0, 0.05) is 11.1 Å². The highest BCUT2D eigenvalue weighted by Gasteiger charge is 2.41. The molecule has 0 atom stereocenters. The number of ketones is 1. The van der Waals surface area contributed by atoms with Gasteiger partial charge in [-0.15, -0.1) is 0 Å². The van der Waals surface area contributed by atoms with Gasteiger partial charge in [0.15, 0.2) is 0 Å². The van der Waals surface area contributed by atoms with Crippen molar-refractivity contribution in [3.05, 3.63) is 70.4 Å². The molecule has 0 spiro atoms. The highest BCUT2D eigenvalue weighted by atomic mass is 35.5. The van der Waals surface area contributed by atoms with Crippen LogP contribution in [0.4, 0.5) is 10.7 Å². The summed E-state index contributed by atoms with van der Waals surface area (Å²) in [5, 5.41) is -0.0382. The molecule has 3 aromatic rings. The number of aromatic nitrogens is 2. The largest absolute Gasteiger partial charge is 0.355 e. The second-order valence-electron chi connectivity index (χ2n) is 5.69. The molecule has 1 N–H and O–H groups in total. The van der Waals surface area contributed by atoms with Crippen LogP contribution in [-0.4, -0.2) is 27.5 Å². The number of imidazole rings is 1. The average Bonchev–Trinajstić information content (AvgIpc) is 3.20. The molecule has 1 aliphatic heterocycles. The van der Waals surface area contributed by atoms with Crippen molar-refractivity contribution in [2.24, 2.45) is 4.99 Å². The van der Waals surface area contributed by atoms with Crippen LogP contribution in [0.25, 0.3) is 11.0 Å². The first-order valence-corrected chi connectivity index (χ1v) is 7.95. The summed E-state index contributed by atoms with van der Waals surface area (Å²) in [6.45, 7) is 0. The van der Waals surface area contributed by atoms with Crippen LogP contribution in [0.1, 0.15) is 15.9 Å². The number of benzene rings is 2. The first-order valence-electron chi connectivity index (χ1n) is 7.57. The van der Waals surface area contributed by atoms with Crippen LogP contribution < -0.4 is 4.90 Å². The lowest BCUT2D eigenvalue weighted by Crippen LogP contribution is -2.30. The Hall–Kier alpha value is -3.25. The topological polar surface area (TPSA) is 78.4 Å². The van der Waals surface area contributed by atoms with Crippen LogP contribution >= 0.6 is 11.6 Å². The smallest absolute Gasteiger partial charge is 0.323 e. The summed E-state index contributed by atoms with van der Waals surface area (Å²) in [6.07, 6.45) is 0. The number of Topliss-reactive ketones (excluding diaryl/α,β-unsaturated/α-hetero) is 1. The summed E-state index contributed by atoms with van der Waals surface area (Å²) in [6, 6.07) is 13.8. The van der Waals surface area contributed by atoms with Gasteiger partial charge in [-0.2, -0.15) is 4.99 Å². The van der Waals surface area contributed by atoms with Gasteiger partial charge in [-0.05, 0) is 12.1 Å². The van der Waals surface area contributed by atoms with E-state index in [9.17, 15) is 9.59 Å². The van der Waals surface area contributed by atoms with Crippen LogP contribution in [-0.2, 0) is 0 Å². The molecule has 0 saturated carbocycles. The number of rotatable bonds is 1. The van der Waals surface area contributed by atoms with Crippen LogP contribution in [0, 0.1) is 0 Å². The SMILES string of the molecule is O=C1C(Cl)=C2C(=NC(=O)N2c2nc3ccccc3[nH]2)c2ccccc21. The number of hydrogen-bond acceptors (Lipinski definition) is 3. The lowest BCUT2D eigenvalue weighted by Gasteiger charge is -2.21. The zero-order valence-corrected chi connectivity index (χ0v) is 13.4. The molecule has 5 rings (SSSR count). The Balaban J connectivity index is 1.73. The molecule has 1 aromatic heterocycles. The highest BCUT2D eigenvalue weighted by Crippen LogP contribution is 2.37. The monoisotopic (exact) mass is 348 g/mol. The standard InChI is InChI=1S/C18H9ClN4O2/c19-13-15-14(9-5-1-2-6-10(9)16(13)24)22-18(25)23(15)17-20-11-7-3-4-8-12(11)21-17/h1-8H,(H,20,21). The van der Waals surface area contributed by atoms with E-state index in [1.165, 1.54) is 4.90 Å². The molecule has 25 heavy (non-hydrogen) atoms. The second kappa shape index (κ2) is 4.87. The third-order valence-electron chi connectivity index (χ3n) is 4.27. The summed E-state index contributed by atoms with van der Waals surface area (Å²) in [7, 11) is 0. The summed E-state index contributed by atoms with van der Waals surface area (Å²) >= 11 is 6.32. The Kier molecular flexibility index (Phi) is 2.75. The van der Waals surface area contributed by atoms with Gasteiger partial charge < -0.3 is 4.98 Å². The quantitative estimate of drug-likeness (QED) is 0.729. The van der Waals surface area contributed by atoms with Crippen LogP contribution in [0.3, 0.4) is 0 Å². The lowest BCUT2D eigenvalue weighted by molar-refractivity contribution is 0.104. The molecule has 2 amide bonds. The number of carbonyl (C=O) groups excluding carboxylic acids is 2. The predicted molar refractivity (Wildman–Crippen MR) is 94.2 cm³/mol. The van der Waals surface area contributed by atoms with Gasteiger partial charge in [0.2, 0.25) is 11.7 Å². The average molecular weight is 349 g/mol. The minimum absolute atomic E-state index is 0.0382. The van der Waals surface area contributed by atoms with Crippen LogP contribution in [0.5, 0.6) is 0 Å². The zero-order chi connectivity index (χ0) is 17.1. The van der Waals surface area contributed by atoms with E-state index < -0.39 is 6.03 Å². The van der Waals surface area contributed by atoms with Crippen molar-refractivity contribution in [2.45, 2.75) is 0 Å². The van der Waals surface area contributed by atoms with Crippen molar-refractivity contribution in [1.29, 1.82) is 0 Å². The van der Waals surface area contributed by atoms with Crippen molar-refractivity contribution >= 4 is 46.1 Å². The number of anilines is 1. The number of H-pyrrole nitrogens is 1. The lowest BCUT2D eigenvalue weighted by atomic mass is 9.92. The Bertz CT molecular complexity index is 1130. The normalized spacial score (nSPS) is 16.4. The highest BCUT2D eigenvalue weighted by molar-refractivity contribution is 6.52. The van der Waals surface area contributed by atoms with E-state index in [1.54, 1.807) is 24.3 Å². The predicted octanol–water partition coefficient (Wildman–Crippen LogP) is 3.64. The molecular formula is C18H9ClN4O2. The Morgan fingerprint density at radius 3 is 2.48 bits per heavy atom. The maximum Gasteiger partial charge on any atom is 0.355 e. The van der Waals surface area contributed by atoms with Crippen LogP contribution in [0.2, 0.25) is 0 Å². The fourth-order valence-corrected chi connectivity index (χ4v) is 3.42. The van der Waals surface area contributed by atoms with E-state index in [1.807, 2.05) is 24.3 Å². The van der Waals surface area contributed by atoms with E-state index >= 15 is 0 Å². The summed E-state index contributed by atoms with van der Waals surface area (Å²) in [5.74, 6) is -0.0488. The molecule has 0 saturated heterocycles. The molecule has 7 heteroatoms. The number of aliphatic imine (C=N–C) groups is 1. The summed E-state index contributed by atoms with van der Waals surface area (Å²) < 4.78 is 0. The van der Waals surface area contributed by atoms with Gasteiger partial charge in [0.05, 0.1) is 11.0 Å². The van der Waals surface area contributed by atoms with E-state index in [0.717, 1.165) is 5.52 Å². The van der Waals surface area contributed by atoms with Crippen molar-refractivity contribution < 1.29 is 9.59 Å². The van der Waals surface area contributed by atoms with Crippen molar-refractivity contribution in [1.82, 2.24) is 9.97 Å². The Morgan fingerprint density at radius 1 is 0.960 bits per heavy atom. The van der Waals surface area contributed by atoms with Gasteiger partial charge in [0.25, 0.3) is 0 Å². The van der Waals surface area contributed by atoms with E-state index in [2.05, 4.69) is 15.0 Å². The number of fused-ring (bicyclic) bond motifs is 4. The number of halogens is 1. The number of amides is 2.